The lowest BCUT2D eigenvalue weighted by atomic mass is 9.76. The van der Waals surface area contributed by atoms with Gasteiger partial charge in [0.2, 0.25) is 23.1 Å². The highest BCUT2D eigenvalue weighted by atomic mass is 32.2. The van der Waals surface area contributed by atoms with Crippen molar-refractivity contribution in [1.29, 1.82) is 0 Å². The van der Waals surface area contributed by atoms with E-state index in [0.29, 0.717) is 33.9 Å². The lowest BCUT2D eigenvalue weighted by Crippen LogP contribution is -2.32. The number of benzene rings is 3. The van der Waals surface area contributed by atoms with Crippen molar-refractivity contribution in [3.05, 3.63) is 119 Å². The van der Waals surface area contributed by atoms with E-state index in [9.17, 15) is 82.7 Å². The van der Waals surface area contributed by atoms with E-state index in [-0.39, 0.29) is 64.6 Å². The second-order valence-corrected chi connectivity index (χ2v) is 25.1. The topological polar surface area (TPSA) is 314 Å². The monoisotopic (exact) mass is 1160 g/mol. The first-order valence-corrected chi connectivity index (χ1v) is 30.0. The van der Waals surface area contributed by atoms with Gasteiger partial charge < -0.3 is 14.4 Å². The number of rotatable bonds is 25. The van der Waals surface area contributed by atoms with Crippen LogP contribution < -0.4 is 9.64 Å². The van der Waals surface area contributed by atoms with Gasteiger partial charge in [-0.1, -0.05) is 30.4 Å². The van der Waals surface area contributed by atoms with Crippen LogP contribution >= 0.6 is 0 Å². The van der Waals surface area contributed by atoms with E-state index in [2.05, 4.69) is 4.74 Å². The Morgan fingerprint density at radius 3 is 1.73 bits per heavy atom. The largest absolute Gasteiger partial charge is 0.420 e. The van der Waals surface area contributed by atoms with Gasteiger partial charge in [-0.25, -0.2) is 8.78 Å². The Labute approximate surface area is 431 Å². The SMILES string of the molecule is COCCN1/C(=C/C=C/C=C/C=C/C2=[N+](CCCCCC(=O)Oc3c(F)c(F)c(S(=O)(=O)O)c(F)c3F)c3ccc(S(=O)(=O)O)cc3C2(C)CCCS(=O)(=O)O)C(C)(CCCS(=O)(=O)O)c2cc(S(=O)(=O)O)ccc21. The first-order valence-electron chi connectivity index (χ1n) is 22.5. The molecule has 5 N–H and O–H groups in total. The summed E-state index contributed by atoms with van der Waals surface area (Å²) < 4.78 is 236. The number of esters is 1. The molecule has 0 aliphatic carbocycles. The Kier molecular flexibility index (Phi) is 19.1. The minimum atomic E-state index is -5.77. The molecule has 3 aromatic carbocycles. The Morgan fingerprint density at radius 2 is 1.19 bits per heavy atom. The van der Waals surface area contributed by atoms with Gasteiger partial charge in [0.05, 0.1) is 33.3 Å². The van der Waals surface area contributed by atoms with E-state index in [1.165, 1.54) is 37.4 Å². The third kappa shape index (κ3) is 14.6. The number of hydrogen-bond donors (Lipinski definition) is 5. The molecular weight excluding hydrogens is 1100 g/mol. The highest BCUT2D eigenvalue weighted by molar-refractivity contribution is 7.86. The van der Waals surface area contributed by atoms with Crippen molar-refractivity contribution in [3.8, 4) is 5.75 Å². The highest BCUT2D eigenvalue weighted by Crippen LogP contribution is 2.51. The zero-order chi connectivity index (χ0) is 56.1. The van der Waals surface area contributed by atoms with E-state index < -0.39 is 129 Å². The van der Waals surface area contributed by atoms with Crippen molar-refractivity contribution >= 4 is 73.6 Å². The molecular formula is C46H53F4N2O18S5+. The molecule has 2 heterocycles. The lowest BCUT2D eigenvalue weighted by molar-refractivity contribution is -0.438. The number of nitrogens with zero attached hydrogens (tertiary/aromatic N) is 2. The van der Waals surface area contributed by atoms with Gasteiger partial charge in [-0.2, -0.15) is 55.4 Å². The van der Waals surface area contributed by atoms with Crippen LogP contribution in [0.15, 0.2) is 99.3 Å². The quantitative estimate of drug-likeness (QED) is 0.00849. The van der Waals surface area contributed by atoms with Crippen molar-refractivity contribution < 1.29 is 101 Å². The molecule has 2 atom stereocenters. The van der Waals surface area contributed by atoms with Gasteiger partial charge in [0.1, 0.15) is 6.54 Å². The molecule has 0 radical (unpaired) electrons. The summed E-state index contributed by atoms with van der Waals surface area (Å²) in [5, 5.41) is 0. The number of halogens is 4. The molecule has 3 aromatic rings. The van der Waals surface area contributed by atoms with E-state index >= 15 is 0 Å². The fraction of sp³-hybridized carbons (Fsp3) is 0.391. The van der Waals surface area contributed by atoms with Gasteiger partial charge in [-0.3, -0.25) is 27.6 Å². The number of carbonyl (C=O) groups excluding carboxylic acids is 1. The molecule has 0 saturated heterocycles. The van der Waals surface area contributed by atoms with Crippen molar-refractivity contribution in [3.63, 3.8) is 0 Å². The Morgan fingerprint density at radius 1 is 0.653 bits per heavy atom. The number of methoxy groups -OCH3 is 1. The molecule has 2 aliphatic rings. The molecule has 75 heavy (non-hydrogen) atoms. The van der Waals surface area contributed by atoms with Crippen LogP contribution in [-0.4, -0.2) is 119 Å². The van der Waals surface area contributed by atoms with Crippen LogP contribution in [0.1, 0.15) is 76.3 Å². The zero-order valence-corrected chi connectivity index (χ0v) is 44.3. The molecule has 0 saturated carbocycles. The first-order chi connectivity index (χ1) is 34.7. The third-order valence-corrected chi connectivity index (χ3v) is 16.7. The van der Waals surface area contributed by atoms with Crippen LogP contribution in [0.4, 0.5) is 28.9 Å². The van der Waals surface area contributed by atoms with E-state index in [1.54, 1.807) is 61.0 Å². The minimum absolute atomic E-state index is 0.00410. The van der Waals surface area contributed by atoms with Crippen LogP contribution in [0.3, 0.4) is 0 Å². The van der Waals surface area contributed by atoms with Gasteiger partial charge >= 0.3 is 16.1 Å². The minimum Gasteiger partial charge on any atom is -0.420 e. The molecule has 0 fully saturated rings. The maximum Gasteiger partial charge on any atom is 0.311 e. The number of fused-ring (bicyclic) bond motifs is 2. The van der Waals surface area contributed by atoms with Crippen LogP contribution in [0.5, 0.6) is 5.75 Å². The summed E-state index contributed by atoms with van der Waals surface area (Å²) in [5.74, 6) is -14.3. The Hall–Kier alpha value is -5.21. The van der Waals surface area contributed by atoms with Crippen LogP contribution in [-0.2, 0) is 71.0 Å². The van der Waals surface area contributed by atoms with Crippen molar-refractivity contribution in [2.24, 2.45) is 0 Å². The van der Waals surface area contributed by atoms with E-state index in [1.807, 2.05) is 4.90 Å². The molecule has 0 amide bonds. The van der Waals surface area contributed by atoms with Crippen molar-refractivity contribution in [2.45, 2.75) is 90.7 Å². The van der Waals surface area contributed by atoms with Gasteiger partial charge in [0.15, 0.2) is 22.2 Å². The Balaban J connectivity index is 1.46. The summed E-state index contributed by atoms with van der Waals surface area (Å²) in [6.07, 6.45) is 11.2. The number of allylic oxidation sites excluding steroid dienone is 8. The number of carbonyl (C=O) groups is 1. The van der Waals surface area contributed by atoms with Crippen LogP contribution in [0.2, 0.25) is 0 Å². The van der Waals surface area contributed by atoms with Gasteiger partial charge in [0.25, 0.3) is 40.5 Å². The van der Waals surface area contributed by atoms with E-state index in [0.717, 1.165) is 6.07 Å². The number of hydrogen-bond acceptors (Lipinski definition) is 14. The summed E-state index contributed by atoms with van der Waals surface area (Å²) >= 11 is 0. The highest BCUT2D eigenvalue weighted by Gasteiger charge is 2.48. The maximum atomic E-state index is 14.5. The van der Waals surface area contributed by atoms with Crippen LogP contribution in [0, 0.1) is 23.3 Å². The molecule has 412 valence electrons. The van der Waals surface area contributed by atoms with Gasteiger partial charge in [0, 0.05) is 61.0 Å². The second-order valence-electron chi connectivity index (χ2n) is 17.8. The average Bonchev–Trinajstić information content (AvgIpc) is 3.66. The predicted molar refractivity (Wildman–Crippen MR) is 263 cm³/mol. The molecule has 29 heteroatoms. The number of ether oxygens (including phenoxy) is 2. The fourth-order valence-electron chi connectivity index (χ4n) is 9.07. The molecule has 2 aliphatic heterocycles. The molecule has 0 bridgehead atoms. The predicted octanol–water partition coefficient (Wildman–Crippen LogP) is 6.82. The molecule has 0 aromatic heterocycles. The van der Waals surface area contributed by atoms with Crippen LogP contribution in [0.25, 0.3) is 0 Å². The van der Waals surface area contributed by atoms with Crippen molar-refractivity contribution in [1.82, 2.24) is 0 Å². The summed E-state index contributed by atoms with van der Waals surface area (Å²) in [4.78, 5) is 11.2. The van der Waals surface area contributed by atoms with Gasteiger partial charge in [-0.05, 0) is 94.3 Å². The van der Waals surface area contributed by atoms with Crippen molar-refractivity contribution in [2.75, 3.05) is 43.2 Å². The number of unbranched alkanes of at least 4 members (excludes halogenated alkanes) is 2. The summed E-state index contributed by atoms with van der Waals surface area (Å²) in [7, 11) is -22.5. The zero-order valence-electron chi connectivity index (χ0n) is 40.2. The standard InChI is InChI=1S/C46H52F4N2O18S5/c1-45(21-12-26-71(54,55)56)32-28-30(73(60,61)62)17-19-34(32)51(23-11-7-10-16-38(53)70-43-39(47)41(49)44(75(66,67)68)42(50)40(43)48)36(45)14-8-5-4-6-9-15-37-46(2,22-13-27-72(57,58)59)33-29-31(74(63,64)65)18-20-35(33)52(37)24-25-69-3/h4-6,8-9,14-15,17-20,28-29H,7,10-13,16,21-27H2,1-3H3,(H4-,54,55,56,57,58,59,60,61,62,63,64,65,66,67,68)/p+1. The average molecular weight is 1160 g/mol. The smallest absolute Gasteiger partial charge is 0.311 e. The normalized spacial score (nSPS) is 19.1. The summed E-state index contributed by atoms with van der Waals surface area (Å²) in [6.45, 7) is 4.04. The first kappa shape index (κ1) is 60.7. The maximum absolute atomic E-state index is 14.5. The van der Waals surface area contributed by atoms with E-state index in [4.69, 9.17) is 9.29 Å². The number of anilines is 1. The third-order valence-electron chi connectivity index (χ3n) is 12.6. The summed E-state index contributed by atoms with van der Waals surface area (Å²) in [6, 6.07) is 7.80. The molecule has 0 spiro atoms. The molecule has 5 rings (SSSR count). The second kappa shape index (κ2) is 23.6. The Bertz CT molecular complexity index is 3440. The fourth-order valence-corrected chi connectivity index (χ4v) is 11.7. The lowest BCUT2D eigenvalue weighted by Gasteiger charge is -2.30. The molecule has 20 nitrogen and oxygen atoms in total. The summed E-state index contributed by atoms with van der Waals surface area (Å²) in [5.41, 5.74) is 0.601. The van der Waals surface area contributed by atoms with Gasteiger partial charge in [-0.15, -0.1) is 0 Å². The molecule has 2 unspecified atom stereocenters.